The Morgan fingerprint density at radius 1 is 1.25 bits per heavy atom. The first-order valence-electron chi connectivity index (χ1n) is 7.55. The summed E-state index contributed by atoms with van der Waals surface area (Å²) in [7, 11) is 0. The summed E-state index contributed by atoms with van der Waals surface area (Å²) in [4.78, 5) is 23.3. The lowest BCUT2D eigenvalue weighted by molar-refractivity contribution is -0.141. The van der Waals surface area contributed by atoms with Gasteiger partial charge in [-0.05, 0) is 24.2 Å². The molecule has 1 saturated carbocycles. The summed E-state index contributed by atoms with van der Waals surface area (Å²) in [6, 6.07) is -1.08. The lowest BCUT2D eigenvalue weighted by Gasteiger charge is -2.33. The quantitative estimate of drug-likeness (QED) is 0.742. The van der Waals surface area contributed by atoms with Gasteiger partial charge in [-0.25, -0.2) is 9.59 Å². The van der Waals surface area contributed by atoms with Crippen LogP contribution in [0.5, 0.6) is 0 Å². The van der Waals surface area contributed by atoms with Gasteiger partial charge in [0.2, 0.25) is 0 Å². The highest BCUT2D eigenvalue weighted by Gasteiger charge is 2.33. The Morgan fingerprint density at radius 2 is 1.85 bits per heavy atom. The van der Waals surface area contributed by atoms with Crippen LogP contribution >= 0.6 is 0 Å². The number of carbonyl (C=O) groups is 2. The van der Waals surface area contributed by atoms with E-state index in [9.17, 15) is 14.7 Å². The fraction of sp³-hybridized carbons (Fsp3) is 0.867. The summed E-state index contributed by atoms with van der Waals surface area (Å²) < 4.78 is 0. The Morgan fingerprint density at radius 3 is 2.35 bits per heavy atom. The topological polar surface area (TPSA) is 78.4 Å². The van der Waals surface area contributed by atoms with Gasteiger partial charge in [0.25, 0.3) is 0 Å². The molecule has 0 aromatic carbocycles. The molecule has 1 fully saturated rings. The fourth-order valence-electron chi connectivity index (χ4n) is 2.88. The zero-order valence-electron chi connectivity index (χ0n) is 13.0. The van der Waals surface area contributed by atoms with Gasteiger partial charge in [0, 0.05) is 6.04 Å². The van der Waals surface area contributed by atoms with E-state index in [4.69, 9.17) is 0 Å². The monoisotopic (exact) mass is 284 g/mol. The second-order valence-electron chi connectivity index (χ2n) is 6.81. The van der Waals surface area contributed by atoms with Gasteiger partial charge in [0.05, 0.1) is 0 Å². The van der Waals surface area contributed by atoms with Crippen molar-refractivity contribution in [2.45, 2.75) is 71.9 Å². The van der Waals surface area contributed by atoms with Crippen molar-refractivity contribution in [3.05, 3.63) is 0 Å². The van der Waals surface area contributed by atoms with Crippen molar-refractivity contribution < 1.29 is 14.7 Å². The predicted molar refractivity (Wildman–Crippen MR) is 78.6 cm³/mol. The standard InChI is InChI=1S/C15H28N2O3/c1-5-10-8-6-7-9-11(10)16-14(20)17-12(13(18)19)15(2,3)4/h10-12H,5-9H2,1-4H3,(H,18,19)(H2,16,17,20)/t10?,11?,12-/m1/s1. The van der Waals surface area contributed by atoms with Crippen LogP contribution in [-0.4, -0.2) is 29.2 Å². The molecule has 0 aromatic rings. The van der Waals surface area contributed by atoms with Crippen molar-refractivity contribution in [2.24, 2.45) is 11.3 Å². The van der Waals surface area contributed by atoms with Crippen molar-refractivity contribution >= 4 is 12.0 Å². The van der Waals surface area contributed by atoms with E-state index in [2.05, 4.69) is 17.6 Å². The first kappa shape index (κ1) is 16.8. The molecular formula is C15H28N2O3. The molecule has 0 heterocycles. The van der Waals surface area contributed by atoms with E-state index in [1.54, 1.807) is 0 Å². The highest BCUT2D eigenvalue weighted by atomic mass is 16.4. The fourth-order valence-corrected chi connectivity index (χ4v) is 2.88. The van der Waals surface area contributed by atoms with E-state index >= 15 is 0 Å². The molecule has 0 saturated heterocycles. The molecular weight excluding hydrogens is 256 g/mol. The van der Waals surface area contributed by atoms with E-state index in [1.807, 2.05) is 20.8 Å². The summed E-state index contributed by atoms with van der Waals surface area (Å²) in [5, 5.41) is 14.8. The number of hydrogen-bond donors (Lipinski definition) is 3. The van der Waals surface area contributed by atoms with Crippen LogP contribution in [-0.2, 0) is 4.79 Å². The lowest BCUT2D eigenvalue weighted by Crippen LogP contribution is -2.55. The maximum absolute atomic E-state index is 12.0. The molecule has 1 aliphatic rings. The number of hydrogen-bond acceptors (Lipinski definition) is 2. The van der Waals surface area contributed by atoms with Crippen molar-refractivity contribution in [1.29, 1.82) is 0 Å². The highest BCUT2D eigenvalue weighted by molar-refractivity contribution is 5.83. The Balaban J connectivity index is 2.59. The van der Waals surface area contributed by atoms with E-state index in [0.29, 0.717) is 5.92 Å². The minimum Gasteiger partial charge on any atom is -0.480 e. The normalized spacial score (nSPS) is 24.8. The Kier molecular flexibility index (Phi) is 5.84. The first-order chi connectivity index (χ1) is 9.25. The third-order valence-electron chi connectivity index (χ3n) is 4.14. The van der Waals surface area contributed by atoms with Crippen LogP contribution in [0.3, 0.4) is 0 Å². The van der Waals surface area contributed by atoms with Crippen LogP contribution in [0.1, 0.15) is 59.8 Å². The van der Waals surface area contributed by atoms with E-state index in [0.717, 1.165) is 25.7 Å². The Bertz CT molecular complexity index is 350. The molecule has 1 aliphatic carbocycles. The molecule has 1 rings (SSSR count). The van der Waals surface area contributed by atoms with Crippen LogP contribution in [0.2, 0.25) is 0 Å². The molecule has 20 heavy (non-hydrogen) atoms. The van der Waals surface area contributed by atoms with Gasteiger partial charge in [-0.1, -0.05) is 47.0 Å². The van der Waals surface area contributed by atoms with Crippen molar-refractivity contribution in [3.63, 3.8) is 0 Å². The highest BCUT2D eigenvalue weighted by Crippen LogP contribution is 2.27. The summed E-state index contributed by atoms with van der Waals surface area (Å²) in [6.07, 6.45) is 5.52. The third-order valence-corrected chi connectivity index (χ3v) is 4.14. The Hall–Kier alpha value is -1.26. The molecule has 3 N–H and O–H groups in total. The van der Waals surface area contributed by atoms with Gasteiger partial charge in [0.15, 0.2) is 0 Å². The average molecular weight is 284 g/mol. The lowest BCUT2D eigenvalue weighted by atomic mass is 9.83. The van der Waals surface area contributed by atoms with Crippen LogP contribution in [0.4, 0.5) is 4.79 Å². The van der Waals surface area contributed by atoms with E-state index in [1.165, 1.54) is 6.42 Å². The second-order valence-corrected chi connectivity index (χ2v) is 6.81. The van der Waals surface area contributed by atoms with Crippen molar-refractivity contribution in [2.75, 3.05) is 0 Å². The van der Waals surface area contributed by atoms with Gasteiger partial charge in [-0.2, -0.15) is 0 Å². The molecule has 3 atom stereocenters. The number of rotatable bonds is 4. The molecule has 116 valence electrons. The van der Waals surface area contributed by atoms with Gasteiger partial charge in [0.1, 0.15) is 6.04 Å². The second kappa shape index (κ2) is 6.95. The van der Waals surface area contributed by atoms with E-state index in [-0.39, 0.29) is 12.1 Å². The number of urea groups is 1. The molecule has 5 nitrogen and oxygen atoms in total. The van der Waals surface area contributed by atoms with E-state index < -0.39 is 17.4 Å². The van der Waals surface area contributed by atoms with Crippen LogP contribution in [0.25, 0.3) is 0 Å². The van der Waals surface area contributed by atoms with Crippen LogP contribution in [0.15, 0.2) is 0 Å². The largest absolute Gasteiger partial charge is 0.480 e. The Labute approximate surface area is 121 Å². The van der Waals surface area contributed by atoms with Gasteiger partial charge < -0.3 is 15.7 Å². The van der Waals surface area contributed by atoms with Gasteiger partial charge in [-0.15, -0.1) is 0 Å². The zero-order chi connectivity index (χ0) is 15.3. The van der Waals surface area contributed by atoms with Crippen molar-refractivity contribution in [3.8, 4) is 0 Å². The minimum absolute atomic E-state index is 0.170. The number of carboxylic acid groups (broad SMARTS) is 1. The van der Waals surface area contributed by atoms with Gasteiger partial charge in [-0.3, -0.25) is 0 Å². The minimum atomic E-state index is -0.997. The zero-order valence-corrected chi connectivity index (χ0v) is 13.0. The number of carbonyl (C=O) groups excluding carboxylic acids is 1. The smallest absolute Gasteiger partial charge is 0.326 e. The number of carboxylic acids is 1. The summed E-state index contributed by atoms with van der Waals surface area (Å²) in [5.74, 6) is -0.490. The maximum Gasteiger partial charge on any atom is 0.326 e. The molecule has 5 heteroatoms. The summed E-state index contributed by atoms with van der Waals surface area (Å²) >= 11 is 0. The van der Waals surface area contributed by atoms with Crippen molar-refractivity contribution in [1.82, 2.24) is 10.6 Å². The van der Waals surface area contributed by atoms with Crippen LogP contribution in [0, 0.1) is 11.3 Å². The molecule has 0 bridgehead atoms. The number of nitrogens with one attached hydrogen (secondary N) is 2. The predicted octanol–water partition coefficient (Wildman–Crippen LogP) is 2.75. The SMILES string of the molecule is CCC1CCCCC1NC(=O)N[C@H](C(=O)O)C(C)(C)C. The maximum atomic E-state index is 12.0. The molecule has 2 amide bonds. The van der Waals surface area contributed by atoms with Crippen LogP contribution < -0.4 is 10.6 Å². The van der Waals surface area contributed by atoms with Gasteiger partial charge >= 0.3 is 12.0 Å². The third kappa shape index (κ3) is 4.69. The average Bonchev–Trinajstić information content (AvgIpc) is 2.35. The summed E-state index contributed by atoms with van der Waals surface area (Å²) in [5.41, 5.74) is -0.514. The molecule has 0 aromatic heterocycles. The summed E-state index contributed by atoms with van der Waals surface area (Å²) in [6.45, 7) is 7.56. The number of aliphatic carboxylic acids is 1. The molecule has 0 aliphatic heterocycles. The molecule has 0 radical (unpaired) electrons. The first-order valence-corrected chi connectivity index (χ1v) is 7.55. The molecule has 0 spiro atoms. The molecule has 2 unspecified atom stereocenters. The number of amides is 2.